The van der Waals surface area contributed by atoms with E-state index in [4.69, 9.17) is 9.72 Å². The van der Waals surface area contributed by atoms with E-state index >= 15 is 0 Å². The van der Waals surface area contributed by atoms with Gasteiger partial charge in [-0.1, -0.05) is 0 Å². The van der Waals surface area contributed by atoms with Crippen LogP contribution in [0.15, 0.2) is 6.07 Å². The van der Waals surface area contributed by atoms with E-state index in [1.165, 1.54) is 41.6 Å². The first kappa shape index (κ1) is 16.7. The van der Waals surface area contributed by atoms with Gasteiger partial charge in [0.1, 0.15) is 0 Å². The van der Waals surface area contributed by atoms with Gasteiger partial charge in [0.05, 0.1) is 24.9 Å². The Morgan fingerprint density at radius 2 is 2.08 bits per heavy atom. The zero-order valence-corrected chi connectivity index (χ0v) is 15.6. The number of rotatable bonds is 3. The van der Waals surface area contributed by atoms with Crippen molar-refractivity contribution in [1.82, 2.24) is 20.1 Å². The standard InChI is InChI=1S/C20H28N4O/c1-13-10-16(17-6-4-5-7-18(17)21-13)11-24-8-9-25-12-19(24)20-14(2)22-23-15(20)3/h10,19H,4-9,11-12H2,1-3H3,(H,22,23). The number of H-pyrrole nitrogens is 1. The summed E-state index contributed by atoms with van der Waals surface area (Å²) in [6.07, 6.45) is 4.88. The number of aromatic nitrogens is 3. The van der Waals surface area contributed by atoms with Crippen molar-refractivity contribution < 1.29 is 4.74 Å². The number of morpholine rings is 1. The monoisotopic (exact) mass is 340 g/mol. The normalized spacial score (nSPS) is 21.3. The van der Waals surface area contributed by atoms with Crippen molar-refractivity contribution in [3.05, 3.63) is 45.5 Å². The first-order valence-electron chi connectivity index (χ1n) is 9.45. The summed E-state index contributed by atoms with van der Waals surface area (Å²) in [5.41, 5.74) is 9.00. The van der Waals surface area contributed by atoms with E-state index in [2.05, 4.69) is 41.9 Å². The fourth-order valence-corrected chi connectivity index (χ4v) is 4.45. The van der Waals surface area contributed by atoms with Crippen LogP contribution in [0.5, 0.6) is 0 Å². The fraction of sp³-hybridized carbons (Fsp3) is 0.600. The first-order valence-corrected chi connectivity index (χ1v) is 9.45. The summed E-state index contributed by atoms with van der Waals surface area (Å²) < 4.78 is 5.82. The molecular weight excluding hydrogens is 312 g/mol. The average molecular weight is 340 g/mol. The Kier molecular flexibility index (Phi) is 4.61. The first-order chi connectivity index (χ1) is 12.1. The molecule has 0 saturated carbocycles. The predicted octanol–water partition coefficient (Wildman–Crippen LogP) is 3.18. The fourth-order valence-electron chi connectivity index (χ4n) is 4.45. The number of aryl methyl sites for hydroxylation is 4. The third-order valence-corrected chi connectivity index (χ3v) is 5.65. The number of nitrogens with one attached hydrogen (secondary N) is 1. The van der Waals surface area contributed by atoms with Gasteiger partial charge in [-0.15, -0.1) is 0 Å². The molecule has 134 valence electrons. The topological polar surface area (TPSA) is 54.0 Å². The molecule has 1 unspecified atom stereocenters. The zero-order chi connectivity index (χ0) is 17.4. The second-order valence-electron chi connectivity index (χ2n) is 7.46. The van der Waals surface area contributed by atoms with Gasteiger partial charge in [-0.3, -0.25) is 15.0 Å². The van der Waals surface area contributed by atoms with Crippen LogP contribution in [0.4, 0.5) is 0 Å². The molecule has 0 aromatic carbocycles. The summed E-state index contributed by atoms with van der Waals surface area (Å²) in [5, 5.41) is 7.54. The summed E-state index contributed by atoms with van der Waals surface area (Å²) in [4.78, 5) is 7.37. The van der Waals surface area contributed by atoms with Crippen LogP contribution in [0, 0.1) is 20.8 Å². The highest BCUT2D eigenvalue weighted by Crippen LogP contribution is 2.32. The molecule has 0 spiro atoms. The molecule has 2 aliphatic rings. The van der Waals surface area contributed by atoms with Gasteiger partial charge in [-0.25, -0.2) is 0 Å². The van der Waals surface area contributed by atoms with E-state index in [1.54, 1.807) is 0 Å². The molecule has 2 aromatic rings. The van der Waals surface area contributed by atoms with Crippen LogP contribution in [0.2, 0.25) is 0 Å². The summed E-state index contributed by atoms with van der Waals surface area (Å²) in [6.45, 7) is 9.81. The lowest BCUT2D eigenvalue weighted by molar-refractivity contribution is -0.0133. The van der Waals surface area contributed by atoms with Gasteiger partial charge in [-0.05, 0) is 63.6 Å². The number of aromatic amines is 1. The number of hydrogen-bond donors (Lipinski definition) is 1. The lowest BCUT2D eigenvalue weighted by atomic mass is 9.91. The quantitative estimate of drug-likeness (QED) is 0.932. The Hall–Kier alpha value is -1.72. The Morgan fingerprint density at radius 3 is 2.88 bits per heavy atom. The van der Waals surface area contributed by atoms with Crippen molar-refractivity contribution in [2.24, 2.45) is 0 Å². The molecule has 2 aromatic heterocycles. The maximum absolute atomic E-state index is 5.82. The average Bonchev–Trinajstić information content (AvgIpc) is 2.94. The summed E-state index contributed by atoms with van der Waals surface area (Å²) >= 11 is 0. The van der Waals surface area contributed by atoms with Crippen molar-refractivity contribution in [2.45, 2.75) is 59.0 Å². The second kappa shape index (κ2) is 6.89. The van der Waals surface area contributed by atoms with Crippen LogP contribution in [0.3, 0.4) is 0 Å². The lowest BCUT2D eigenvalue weighted by Gasteiger charge is -2.36. The molecule has 1 aliphatic carbocycles. The number of hydrogen-bond acceptors (Lipinski definition) is 4. The molecule has 1 saturated heterocycles. The summed E-state index contributed by atoms with van der Waals surface area (Å²) in [6, 6.07) is 2.58. The lowest BCUT2D eigenvalue weighted by Crippen LogP contribution is -2.39. The number of ether oxygens (including phenoxy) is 1. The van der Waals surface area contributed by atoms with Gasteiger partial charge in [0, 0.05) is 35.7 Å². The van der Waals surface area contributed by atoms with Crippen molar-refractivity contribution in [3.63, 3.8) is 0 Å². The van der Waals surface area contributed by atoms with Gasteiger partial charge >= 0.3 is 0 Å². The SMILES string of the molecule is Cc1cc(CN2CCOCC2c2c(C)n[nH]c2C)c2c(n1)CCCC2. The molecule has 25 heavy (non-hydrogen) atoms. The van der Waals surface area contributed by atoms with Crippen molar-refractivity contribution in [3.8, 4) is 0 Å². The Balaban J connectivity index is 1.66. The second-order valence-corrected chi connectivity index (χ2v) is 7.46. The van der Waals surface area contributed by atoms with Crippen LogP contribution >= 0.6 is 0 Å². The number of fused-ring (bicyclic) bond motifs is 1. The molecule has 1 fully saturated rings. The highest BCUT2D eigenvalue weighted by atomic mass is 16.5. The molecule has 0 radical (unpaired) electrons. The van der Waals surface area contributed by atoms with E-state index in [-0.39, 0.29) is 6.04 Å². The van der Waals surface area contributed by atoms with Gasteiger partial charge in [-0.2, -0.15) is 5.10 Å². The van der Waals surface area contributed by atoms with E-state index < -0.39 is 0 Å². The van der Waals surface area contributed by atoms with Crippen molar-refractivity contribution >= 4 is 0 Å². The molecule has 4 rings (SSSR count). The van der Waals surface area contributed by atoms with Crippen molar-refractivity contribution in [1.29, 1.82) is 0 Å². The van der Waals surface area contributed by atoms with E-state index in [9.17, 15) is 0 Å². The minimum atomic E-state index is 0.278. The van der Waals surface area contributed by atoms with Crippen molar-refractivity contribution in [2.75, 3.05) is 19.8 Å². The molecule has 1 aliphatic heterocycles. The van der Waals surface area contributed by atoms with Crippen LogP contribution in [-0.2, 0) is 24.1 Å². The minimum Gasteiger partial charge on any atom is -0.378 e. The van der Waals surface area contributed by atoms with E-state index in [1.807, 2.05) is 0 Å². The molecule has 1 atom stereocenters. The van der Waals surface area contributed by atoms with Gasteiger partial charge in [0.15, 0.2) is 0 Å². The summed E-state index contributed by atoms with van der Waals surface area (Å²) in [5.74, 6) is 0. The molecule has 5 heteroatoms. The Labute approximate surface area is 149 Å². The van der Waals surface area contributed by atoms with Gasteiger partial charge < -0.3 is 4.74 Å². The van der Waals surface area contributed by atoms with Gasteiger partial charge in [0.25, 0.3) is 0 Å². The maximum atomic E-state index is 5.82. The Morgan fingerprint density at radius 1 is 1.24 bits per heavy atom. The van der Waals surface area contributed by atoms with E-state index in [0.717, 1.165) is 49.8 Å². The smallest absolute Gasteiger partial charge is 0.0665 e. The highest BCUT2D eigenvalue weighted by Gasteiger charge is 2.29. The highest BCUT2D eigenvalue weighted by molar-refractivity contribution is 5.35. The van der Waals surface area contributed by atoms with Crippen LogP contribution < -0.4 is 0 Å². The third kappa shape index (κ3) is 3.23. The van der Waals surface area contributed by atoms with Crippen LogP contribution in [0.1, 0.15) is 58.3 Å². The van der Waals surface area contributed by atoms with E-state index in [0.29, 0.717) is 0 Å². The largest absolute Gasteiger partial charge is 0.378 e. The van der Waals surface area contributed by atoms with Crippen LogP contribution in [-0.4, -0.2) is 39.8 Å². The minimum absolute atomic E-state index is 0.278. The molecular formula is C20H28N4O. The molecule has 5 nitrogen and oxygen atoms in total. The number of pyridine rings is 1. The van der Waals surface area contributed by atoms with Gasteiger partial charge in [0.2, 0.25) is 0 Å². The number of nitrogens with zero attached hydrogens (tertiary/aromatic N) is 3. The molecule has 0 bridgehead atoms. The third-order valence-electron chi connectivity index (χ3n) is 5.65. The summed E-state index contributed by atoms with van der Waals surface area (Å²) in [7, 11) is 0. The molecule has 3 heterocycles. The van der Waals surface area contributed by atoms with Crippen LogP contribution in [0.25, 0.3) is 0 Å². The predicted molar refractivity (Wildman–Crippen MR) is 97.6 cm³/mol. The zero-order valence-electron chi connectivity index (χ0n) is 15.6. The maximum Gasteiger partial charge on any atom is 0.0665 e. The Bertz CT molecular complexity index is 748. The molecule has 1 N–H and O–H groups in total. The molecule has 0 amide bonds.